The number of carbonyl (C=O) groups excluding carboxylic acids is 1. The van der Waals surface area contributed by atoms with Crippen molar-refractivity contribution >= 4 is 29.4 Å². The monoisotopic (exact) mass is 542 g/mol. The van der Waals surface area contributed by atoms with E-state index in [4.69, 9.17) is 20.3 Å². The molecule has 2 aromatic carbocycles. The minimum atomic E-state index is -0.331. The number of hydrogen-bond acceptors (Lipinski definition) is 11. The fraction of sp³-hybridized carbons (Fsp3) is 0.385. The van der Waals surface area contributed by atoms with Gasteiger partial charge in [0.25, 0.3) is 0 Å². The number of ether oxygens (including phenoxy) is 2. The van der Waals surface area contributed by atoms with Crippen LogP contribution in [-0.2, 0) is 27.2 Å². The summed E-state index contributed by atoms with van der Waals surface area (Å²) in [5.74, 6) is 0.290. The molecule has 0 aliphatic rings. The zero-order chi connectivity index (χ0) is 27.7. The van der Waals surface area contributed by atoms with Gasteiger partial charge in [0.15, 0.2) is 0 Å². The Morgan fingerprint density at radius 2 is 1.56 bits per heavy atom. The minimum Gasteiger partial charge on any atom is -0.395 e. The van der Waals surface area contributed by atoms with E-state index in [1.54, 1.807) is 18.2 Å². The van der Waals surface area contributed by atoms with Gasteiger partial charge in [0, 0.05) is 37.4 Å². The number of hydrogen-bond donors (Lipinski definition) is 6. The molecule has 12 nitrogen and oxygen atoms in total. The first kappa shape index (κ1) is 29.6. The molecule has 0 saturated heterocycles. The van der Waals surface area contributed by atoms with Crippen molar-refractivity contribution in [1.82, 2.24) is 20.3 Å². The molecule has 3 aromatic rings. The highest BCUT2D eigenvalue weighted by molar-refractivity contribution is 5.78. The number of nitrogens with two attached hydrogens (primary N) is 1. The SMILES string of the molecule is NCCOCCOCCNC(=O)Cc1ccc(Nc2nc(NCCO)nc(NCc3ccccc3F)n2)cc1. The van der Waals surface area contributed by atoms with Crippen LogP contribution in [0.5, 0.6) is 0 Å². The Labute approximate surface area is 226 Å². The Balaban J connectivity index is 1.51. The molecule has 39 heavy (non-hydrogen) atoms. The van der Waals surface area contributed by atoms with E-state index in [0.29, 0.717) is 50.8 Å². The third kappa shape index (κ3) is 11.2. The summed E-state index contributed by atoms with van der Waals surface area (Å²) in [5, 5.41) is 21.0. The summed E-state index contributed by atoms with van der Waals surface area (Å²) in [6, 6.07) is 13.7. The third-order valence-electron chi connectivity index (χ3n) is 5.20. The maximum Gasteiger partial charge on any atom is 0.233 e. The first-order valence-corrected chi connectivity index (χ1v) is 12.6. The number of aromatic nitrogens is 3. The lowest BCUT2D eigenvalue weighted by molar-refractivity contribution is -0.120. The molecule has 0 aliphatic carbocycles. The van der Waals surface area contributed by atoms with Gasteiger partial charge in [-0.3, -0.25) is 4.79 Å². The highest BCUT2D eigenvalue weighted by atomic mass is 19.1. The van der Waals surface area contributed by atoms with E-state index in [0.717, 1.165) is 5.56 Å². The number of amides is 1. The lowest BCUT2D eigenvalue weighted by Crippen LogP contribution is -2.29. The van der Waals surface area contributed by atoms with Crippen LogP contribution in [0.15, 0.2) is 48.5 Å². The molecule has 7 N–H and O–H groups in total. The third-order valence-corrected chi connectivity index (χ3v) is 5.20. The molecular formula is C26H35FN8O4. The van der Waals surface area contributed by atoms with E-state index in [2.05, 4.69) is 36.2 Å². The topological polar surface area (TPSA) is 169 Å². The second-order valence-electron chi connectivity index (χ2n) is 8.26. The second-order valence-corrected chi connectivity index (χ2v) is 8.26. The lowest BCUT2D eigenvalue weighted by Gasteiger charge is -2.12. The van der Waals surface area contributed by atoms with Gasteiger partial charge in [0.1, 0.15) is 5.82 Å². The van der Waals surface area contributed by atoms with Crippen molar-refractivity contribution < 1.29 is 23.8 Å². The van der Waals surface area contributed by atoms with E-state index in [1.807, 2.05) is 24.3 Å². The van der Waals surface area contributed by atoms with Crippen molar-refractivity contribution in [3.05, 3.63) is 65.5 Å². The van der Waals surface area contributed by atoms with Crippen LogP contribution in [0, 0.1) is 5.82 Å². The Morgan fingerprint density at radius 1 is 0.872 bits per heavy atom. The van der Waals surface area contributed by atoms with E-state index >= 15 is 0 Å². The fourth-order valence-corrected chi connectivity index (χ4v) is 3.32. The predicted molar refractivity (Wildman–Crippen MR) is 146 cm³/mol. The number of nitrogens with zero attached hydrogens (tertiary/aromatic N) is 3. The average Bonchev–Trinajstić information content (AvgIpc) is 2.94. The smallest absolute Gasteiger partial charge is 0.233 e. The molecule has 0 radical (unpaired) electrons. The van der Waals surface area contributed by atoms with Crippen LogP contribution in [0.25, 0.3) is 0 Å². The fourth-order valence-electron chi connectivity index (χ4n) is 3.32. The molecule has 0 atom stereocenters. The van der Waals surface area contributed by atoms with Gasteiger partial charge in [-0.05, 0) is 23.8 Å². The van der Waals surface area contributed by atoms with Gasteiger partial charge in [0.05, 0.1) is 39.5 Å². The summed E-state index contributed by atoms with van der Waals surface area (Å²) in [6.45, 7) is 3.05. The molecule has 0 fully saturated rings. The largest absolute Gasteiger partial charge is 0.395 e. The summed E-state index contributed by atoms with van der Waals surface area (Å²) >= 11 is 0. The Hall–Kier alpha value is -3.91. The molecule has 1 heterocycles. The summed E-state index contributed by atoms with van der Waals surface area (Å²) in [6.07, 6.45) is 0.227. The van der Waals surface area contributed by atoms with Gasteiger partial charge in [-0.1, -0.05) is 30.3 Å². The highest BCUT2D eigenvalue weighted by Crippen LogP contribution is 2.18. The number of benzene rings is 2. The maximum atomic E-state index is 14.0. The Morgan fingerprint density at radius 3 is 2.28 bits per heavy atom. The van der Waals surface area contributed by atoms with E-state index in [9.17, 15) is 9.18 Å². The number of halogens is 1. The Kier molecular flexibility index (Phi) is 12.8. The first-order valence-electron chi connectivity index (χ1n) is 12.6. The number of aliphatic hydroxyl groups excluding tert-OH is 1. The standard InChI is InChI=1S/C26H35FN8O4/c27-22-4-2-1-3-20(22)18-31-25-33-24(30-10-12-36)34-26(35-25)32-21-7-5-19(6-8-21)17-23(37)29-11-14-39-16-15-38-13-9-28/h1-8,36H,9-18,28H2,(H,29,37)(H3,30,31,32,33,34,35). The number of nitrogens with one attached hydrogen (secondary N) is 4. The highest BCUT2D eigenvalue weighted by Gasteiger charge is 2.09. The van der Waals surface area contributed by atoms with Gasteiger partial charge >= 0.3 is 0 Å². The molecule has 1 amide bonds. The van der Waals surface area contributed by atoms with Crippen molar-refractivity contribution in [3.8, 4) is 0 Å². The van der Waals surface area contributed by atoms with E-state index in [1.165, 1.54) is 6.07 Å². The first-order chi connectivity index (χ1) is 19.1. The molecule has 210 valence electrons. The van der Waals surface area contributed by atoms with Crippen molar-refractivity contribution in [2.45, 2.75) is 13.0 Å². The zero-order valence-corrected chi connectivity index (χ0v) is 21.7. The molecule has 0 unspecified atom stereocenters. The quantitative estimate of drug-likeness (QED) is 0.129. The van der Waals surface area contributed by atoms with Crippen molar-refractivity contribution in [1.29, 1.82) is 0 Å². The van der Waals surface area contributed by atoms with Crippen molar-refractivity contribution in [3.63, 3.8) is 0 Å². The summed E-state index contributed by atoms with van der Waals surface area (Å²) in [5.41, 5.74) is 7.34. The predicted octanol–water partition coefficient (Wildman–Crippen LogP) is 1.42. The molecule has 0 saturated carbocycles. The van der Waals surface area contributed by atoms with Crippen LogP contribution in [0.1, 0.15) is 11.1 Å². The second kappa shape index (κ2) is 16.8. The van der Waals surface area contributed by atoms with Crippen LogP contribution in [0.2, 0.25) is 0 Å². The number of aliphatic hydroxyl groups is 1. The molecule has 13 heteroatoms. The Bertz CT molecular complexity index is 1150. The summed E-state index contributed by atoms with van der Waals surface area (Å²) < 4.78 is 24.6. The lowest BCUT2D eigenvalue weighted by atomic mass is 10.1. The number of carbonyl (C=O) groups is 1. The van der Waals surface area contributed by atoms with Crippen LogP contribution in [-0.4, -0.2) is 78.6 Å². The molecular weight excluding hydrogens is 507 g/mol. The van der Waals surface area contributed by atoms with Gasteiger partial charge in [0.2, 0.25) is 23.8 Å². The number of anilines is 4. The van der Waals surface area contributed by atoms with Gasteiger partial charge < -0.3 is 41.6 Å². The minimum absolute atomic E-state index is 0.0985. The summed E-state index contributed by atoms with van der Waals surface area (Å²) in [7, 11) is 0. The van der Waals surface area contributed by atoms with Gasteiger partial charge in [-0.2, -0.15) is 15.0 Å². The van der Waals surface area contributed by atoms with Gasteiger partial charge in [-0.15, -0.1) is 0 Å². The molecule has 0 aliphatic heterocycles. The van der Waals surface area contributed by atoms with Crippen molar-refractivity contribution in [2.24, 2.45) is 5.73 Å². The number of rotatable bonds is 18. The van der Waals surface area contributed by atoms with Crippen LogP contribution < -0.4 is 27.0 Å². The zero-order valence-electron chi connectivity index (χ0n) is 21.7. The van der Waals surface area contributed by atoms with Crippen molar-refractivity contribution in [2.75, 3.05) is 68.6 Å². The maximum absolute atomic E-state index is 14.0. The van der Waals surface area contributed by atoms with Crippen LogP contribution in [0.3, 0.4) is 0 Å². The molecule has 3 rings (SSSR count). The van der Waals surface area contributed by atoms with Crippen LogP contribution >= 0.6 is 0 Å². The molecule has 1 aromatic heterocycles. The summed E-state index contributed by atoms with van der Waals surface area (Å²) in [4.78, 5) is 25.2. The normalized spacial score (nSPS) is 10.7. The van der Waals surface area contributed by atoms with E-state index in [-0.39, 0.29) is 55.7 Å². The average molecular weight is 543 g/mol. The van der Waals surface area contributed by atoms with E-state index < -0.39 is 0 Å². The molecule has 0 spiro atoms. The van der Waals surface area contributed by atoms with Gasteiger partial charge in [-0.25, -0.2) is 4.39 Å². The van der Waals surface area contributed by atoms with Crippen LogP contribution in [0.4, 0.5) is 27.9 Å². The molecule has 0 bridgehead atoms.